The lowest BCUT2D eigenvalue weighted by atomic mass is 9.74. The molecule has 28 heavy (non-hydrogen) atoms. The zero-order chi connectivity index (χ0) is 19.9. The molecular weight excluding hydrogens is 344 g/mol. The van der Waals surface area contributed by atoms with E-state index in [4.69, 9.17) is 0 Å². The molecule has 3 nitrogen and oxygen atoms in total. The molecule has 2 aromatic carbocycles. The fourth-order valence-corrected chi connectivity index (χ4v) is 4.16. The van der Waals surface area contributed by atoms with Gasteiger partial charge in [0.25, 0.3) is 0 Å². The van der Waals surface area contributed by atoms with E-state index in [9.17, 15) is 4.79 Å². The Morgan fingerprint density at radius 1 is 1.00 bits per heavy atom. The molecule has 1 aliphatic carbocycles. The molecule has 0 bridgehead atoms. The number of fused-ring (bicyclic) bond motifs is 1. The topological polar surface area (TPSA) is 41.1 Å². The minimum Gasteiger partial charge on any atom is -0.373 e. The van der Waals surface area contributed by atoms with Gasteiger partial charge in [0.15, 0.2) is 5.78 Å². The maximum Gasteiger partial charge on any atom is 0.163 e. The van der Waals surface area contributed by atoms with Gasteiger partial charge < -0.3 is 10.6 Å². The molecular formula is C25H28N2O. The average molecular weight is 373 g/mol. The first-order valence-corrected chi connectivity index (χ1v) is 9.97. The van der Waals surface area contributed by atoms with Crippen LogP contribution in [0.25, 0.3) is 6.08 Å². The molecule has 0 radical (unpaired) electrons. The Labute approximate surface area is 167 Å². The second-order valence-corrected chi connectivity index (χ2v) is 8.83. The van der Waals surface area contributed by atoms with Crippen LogP contribution in [0.1, 0.15) is 43.4 Å². The fraction of sp³-hybridized carbons (Fsp3) is 0.320. The van der Waals surface area contributed by atoms with Gasteiger partial charge in [-0.25, -0.2) is 0 Å². The lowest BCUT2D eigenvalue weighted by molar-refractivity contribution is -0.118. The van der Waals surface area contributed by atoms with E-state index >= 15 is 0 Å². The Balaban J connectivity index is 1.80. The van der Waals surface area contributed by atoms with Crippen LogP contribution in [0, 0.1) is 19.3 Å². The number of rotatable bonds is 2. The van der Waals surface area contributed by atoms with Crippen molar-refractivity contribution in [2.45, 2.75) is 46.6 Å². The number of carbonyl (C=O) groups excluding carboxylic acids is 1. The number of carbonyl (C=O) groups is 1. The molecule has 1 aliphatic heterocycles. The minimum absolute atomic E-state index is 0.0269. The van der Waals surface area contributed by atoms with Crippen LogP contribution in [0.2, 0.25) is 0 Å². The smallest absolute Gasteiger partial charge is 0.163 e. The van der Waals surface area contributed by atoms with Gasteiger partial charge in [0.05, 0.1) is 17.4 Å². The molecule has 0 spiro atoms. The molecule has 0 aromatic heterocycles. The lowest BCUT2D eigenvalue weighted by Crippen LogP contribution is -2.34. The summed E-state index contributed by atoms with van der Waals surface area (Å²) in [5.41, 5.74) is 7.62. The Morgan fingerprint density at radius 3 is 2.39 bits per heavy atom. The van der Waals surface area contributed by atoms with E-state index in [1.54, 1.807) is 0 Å². The Hall–Kier alpha value is -2.81. The van der Waals surface area contributed by atoms with Crippen molar-refractivity contribution in [3.8, 4) is 0 Å². The highest BCUT2D eigenvalue weighted by Gasteiger charge is 2.37. The van der Waals surface area contributed by atoms with Crippen LogP contribution < -0.4 is 10.6 Å². The molecule has 2 aromatic rings. The van der Waals surface area contributed by atoms with Gasteiger partial charge in [-0.15, -0.1) is 0 Å². The minimum atomic E-state index is -0.144. The van der Waals surface area contributed by atoms with Gasteiger partial charge in [0.1, 0.15) is 0 Å². The highest BCUT2D eigenvalue weighted by atomic mass is 16.1. The van der Waals surface area contributed by atoms with Crippen LogP contribution in [-0.4, -0.2) is 11.8 Å². The van der Waals surface area contributed by atoms with Crippen molar-refractivity contribution in [1.82, 2.24) is 0 Å². The number of nitrogens with one attached hydrogen (secondary N) is 2. The number of ketones is 1. The second-order valence-electron chi connectivity index (χ2n) is 8.83. The summed E-state index contributed by atoms with van der Waals surface area (Å²) in [4.78, 5) is 13.1. The van der Waals surface area contributed by atoms with Gasteiger partial charge in [-0.1, -0.05) is 56.3 Å². The number of benzene rings is 2. The molecule has 3 heteroatoms. The summed E-state index contributed by atoms with van der Waals surface area (Å²) in [5, 5.41) is 7.23. The molecule has 144 valence electrons. The third kappa shape index (κ3) is 3.62. The predicted molar refractivity (Wildman–Crippen MR) is 117 cm³/mol. The lowest BCUT2D eigenvalue weighted by Gasteiger charge is -2.33. The van der Waals surface area contributed by atoms with Gasteiger partial charge in [0, 0.05) is 17.7 Å². The summed E-state index contributed by atoms with van der Waals surface area (Å²) < 4.78 is 0. The number of hydrogen-bond acceptors (Lipinski definition) is 3. The van der Waals surface area contributed by atoms with Crippen LogP contribution >= 0.6 is 0 Å². The van der Waals surface area contributed by atoms with Crippen molar-refractivity contribution in [1.29, 1.82) is 0 Å². The highest BCUT2D eigenvalue weighted by molar-refractivity contribution is 6.01. The van der Waals surface area contributed by atoms with Crippen LogP contribution in [0.5, 0.6) is 0 Å². The Kier molecular flexibility index (Phi) is 4.62. The van der Waals surface area contributed by atoms with Crippen molar-refractivity contribution in [2.24, 2.45) is 5.41 Å². The monoisotopic (exact) mass is 372 g/mol. The third-order valence-electron chi connectivity index (χ3n) is 5.74. The summed E-state index contributed by atoms with van der Waals surface area (Å²) in [6.45, 7) is 8.59. The van der Waals surface area contributed by atoms with Crippen molar-refractivity contribution in [2.75, 3.05) is 10.6 Å². The van der Waals surface area contributed by atoms with Crippen LogP contribution in [0.15, 0.2) is 59.8 Å². The molecule has 0 fully saturated rings. The molecule has 4 rings (SSSR count). The van der Waals surface area contributed by atoms with E-state index in [2.05, 4.69) is 74.7 Å². The molecule has 2 N–H and O–H groups in total. The van der Waals surface area contributed by atoms with Crippen LogP contribution in [0.3, 0.4) is 0 Å². The van der Waals surface area contributed by atoms with Crippen molar-refractivity contribution in [3.05, 3.63) is 76.5 Å². The third-order valence-corrected chi connectivity index (χ3v) is 5.74. The maximum atomic E-state index is 13.1. The quantitative estimate of drug-likeness (QED) is 0.693. The molecule has 2 aliphatic rings. The van der Waals surface area contributed by atoms with E-state index < -0.39 is 0 Å². The summed E-state index contributed by atoms with van der Waals surface area (Å²) in [6.07, 6.45) is 5.67. The van der Waals surface area contributed by atoms with E-state index in [0.717, 1.165) is 34.6 Å². The van der Waals surface area contributed by atoms with Crippen molar-refractivity contribution < 1.29 is 4.79 Å². The largest absolute Gasteiger partial charge is 0.373 e. The SMILES string of the molecule is Cc1cc2c(cc1C)NC(/C=C/c1ccccc1)C1=C(CC(C)(C)CC1=O)N2. The summed E-state index contributed by atoms with van der Waals surface area (Å²) in [6, 6.07) is 14.4. The van der Waals surface area contributed by atoms with Gasteiger partial charge in [-0.2, -0.15) is 0 Å². The van der Waals surface area contributed by atoms with Gasteiger partial charge in [-0.3, -0.25) is 4.79 Å². The number of allylic oxidation sites excluding steroid dienone is 1. The summed E-state index contributed by atoms with van der Waals surface area (Å²) >= 11 is 0. The first kappa shape index (κ1) is 18.5. The molecule has 1 heterocycles. The second kappa shape index (κ2) is 6.97. The Morgan fingerprint density at radius 2 is 1.68 bits per heavy atom. The van der Waals surface area contributed by atoms with E-state index in [0.29, 0.717) is 6.42 Å². The summed E-state index contributed by atoms with van der Waals surface area (Å²) in [7, 11) is 0. The Bertz CT molecular complexity index is 983. The van der Waals surface area contributed by atoms with Gasteiger partial charge in [-0.05, 0) is 54.5 Å². The van der Waals surface area contributed by atoms with Gasteiger partial charge >= 0.3 is 0 Å². The van der Waals surface area contributed by atoms with Crippen molar-refractivity contribution in [3.63, 3.8) is 0 Å². The predicted octanol–water partition coefficient (Wildman–Crippen LogP) is 5.87. The molecule has 0 amide bonds. The molecule has 1 atom stereocenters. The molecule has 1 unspecified atom stereocenters. The standard InChI is InChI=1S/C25H28N2O/c1-16-12-20-21(13-17(16)2)27-22-14-25(3,4)15-23(28)24(22)19(26-20)11-10-18-8-6-5-7-9-18/h5-13,19,26-27H,14-15H2,1-4H3/b11-10+. The number of anilines is 2. The first-order chi connectivity index (χ1) is 13.3. The van der Waals surface area contributed by atoms with Crippen LogP contribution in [0.4, 0.5) is 11.4 Å². The number of hydrogen-bond donors (Lipinski definition) is 2. The maximum absolute atomic E-state index is 13.1. The van der Waals surface area contributed by atoms with E-state index in [-0.39, 0.29) is 17.2 Å². The number of Topliss-reactive ketones (excluding diaryl/α,β-unsaturated/α-hetero) is 1. The van der Waals surface area contributed by atoms with Gasteiger partial charge in [0.2, 0.25) is 0 Å². The van der Waals surface area contributed by atoms with Crippen LogP contribution in [-0.2, 0) is 4.79 Å². The van der Waals surface area contributed by atoms with Crippen molar-refractivity contribution >= 4 is 23.2 Å². The average Bonchev–Trinajstić information content (AvgIpc) is 2.76. The zero-order valence-corrected chi connectivity index (χ0v) is 17.1. The zero-order valence-electron chi connectivity index (χ0n) is 17.1. The number of aryl methyl sites for hydroxylation is 2. The fourth-order valence-electron chi connectivity index (χ4n) is 4.16. The summed E-state index contributed by atoms with van der Waals surface area (Å²) in [5.74, 6) is 0.232. The molecule has 0 saturated carbocycles. The van der Waals surface area contributed by atoms with E-state index in [1.165, 1.54) is 11.1 Å². The normalized spacial score (nSPS) is 20.9. The molecule has 0 saturated heterocycles. The van der Waals surface area contributed by atoms with E-state index in [1.807, 2.05) is 18.2 Å². The first-order valence-electron chi connectivity index (χ1n) is 9.97. The highest BCUT2D eigenvalue weighted by Crippen LogP contribution is 2.42.